The van der Waals surface area contributed by atoms with Crippen molar-refractivity contribution in [3.05, 3.63) is 34.7 Å². The Balaban J connectivity index is 2.67. The first-order chi connectivity index (χ1) is 6.33. The van der Waals surface area contributed by atoms with E-state index < -0.39 is 0 Å². The van der Waals surface area contributed by atoms with Crippen LogP contribution >= 0.6 is 0 Å². The Labute approximate surface area is 76.1 Å². The molecule has 1 aromatic carbocycles. The molecule has 0 atom stereocenters. The smallest absolute Gasteiger partial charge is 0.334 e. The highest BCUT2D eigenvalue weighted by atomic mass is 16.5. The molecule has 0 bridgehead atoms. The third kappa shape index (κ3) is 1.24. The molecule has 0 spiro atoms. The van der Waals surface area contributed by atoms with Crippen LogP contribution in [0, 0.1) is 0 Å². The maximum absolute atomic E-state index is 11.3. The van der Waals surface area contributed by atoms with Gasteiger partial charge in [0.25, 0.3) is 0 Å². The first kappa shape index (κ1) is 8.05. The van der Waals surface area contributed by atoms with E-state index >= 15 is 0 Å². The van der Waals surface area contributed by atoms with E-state index in [2.05, 4.69) is 0 Å². The van der Waals surface area contributed by atoms with Crippen LogP contribution in [0.3, 0.4) is 0 Å². The van der Waals surface area contributed by atoms with Gasteiger partial charge in [0.1, 0.15) is 0 Å². The topological polar surface area (TPSA) is 26.3 Å². The summed E-state index contributed by atoms with van der Waals surface area (Å²) in [4.78, 5) is 11.3. The fourth-order valence-electron chi connectivity index (χ4n) is 1.59. The molecule has 2 nitrogen and oxygen atoms in total. The molecule has 0 amide bonds. The van der Waals surface area contributed by atoms with Crippen LogP contribution in [0.2, 0.25) is 0 Å². The van der Waals surface area contributed by atoms with E-state index in [-0.39, 0.29) is 5.97 Å². The van der Waals surface area contributed by atoms with Crippen molar-refractivity contribution >= 4 is 17.6 Å². The third-order valence-corrected chi connectivity index (χ3v) is 2.24. The fourth-order valence-corrected chi connectivity index (χ4v) is 1.59. The zero-order chi connectivity index (χ0) is 9.26. The zero-order valence-corrected chi connectivity index (χ0v) is 7.41. The summed E-state index contributed by atoms with van der Waals surface area (Å²) in [6, 6.07) is 7.85. The number of hydrogen-bond acceptors (Lipinski definition) is 2. The molecule has 0 fully saturated rings. The molecule has 0 aliphatic heterocycles. The number of benzene rings is 1. The van der Waals surface area contributed by atoms with Crippen LogP contribution in [0.1, 0.15) is 6.42 Å². The lowest BCUT2D eigenvalue weighted by Crippen LogP contribution is -2.24. The third-order valence-electron chi connectivity index (χ3n) is 2.24. The minimum absolute atomic E-state index is 0.221. The maximum Gasteiger partial charge on any atom is 0.334 e. The van der Waals surface area contributed by atoms with Crippen molar-refractivity contribution < 1.29 is 9.53 Å². The van der Waals surface area contributed by atoms with Crippen LogP contribution in [-0.4, -0.2) is 13.1 Å². The Morgan fingerprint density at radius 1 is 1.38 bits per heavy atom. The Kier molecular flexibility index (Phi) is 1.89. The van der Waals surface area contributed by atoms with Crippen molar-refractivity contribution in [1.82, 2.24) is 0 Å². The molecule has 1 aliphatic carbocycles. The van der Waals surface area contributed by atoms with E-state index in [4.69, 9.17) is 4.74 Å². The molecule has 0 saturated carbocycles. The van der Waals surface area contributed by atoms with Gasteiger partial charge in [-0.1, -0.05) is 30.3 Å². The second kappa shape index (κ2) is 3.05. The van der Waals surface area contributed by atoms with E-state index in [1.54, 1.807) is 0 Å². The van der Waals surface area contributed by atoms with Gasteiger partial charge in [0.05, 0.1) is 7.11 Å². The molecule has 0 heterocycles. The first-order valence-corrected chi connectivity index (χ1v) is 4.19. The average Bonchev–Trinajstić information content (AvgIpc) is 2.60. The molecular weight excluding hydrogens is 164 g/mol. The fraction of sp³-hybridized carbons (Fsp3) is 0.182. The Hall–Kier alpha value is -1.57. The van der Waals surface area contributed by atoms with E-state index in [0.29, 0.717) is 6.42 Å². The molecule has 13 heavy (non-hydrogen) atoms. The highest BCUT2D eigenvalue weighted by molar-refractivity contribution is 6.11. The summed E-state index contributed by atoms with van der Waals surface area (Å²) in [7, 11) is 1.41. The molecule has 0 saturated heterocycles. The van der Waals surface area contributed by atoms with E-state index in [9.17, 15) is 4.79 Å². The number of ether oxygens (including phenoxy) is 1. The molecule has 1 aromatic rings. The van der Waals surface area contributed by atoms with Crippen LogP contribution in [0.4, 0.5) is 0 Å². The maximum atomic E-state index is 11.3. The predicted molar refractivity (Wildman–Crippen MR) is 50.2 cm³/mol. The number of fused-ring (bicyclic) bond motifs is 1. The van der Waals surface area contributed by atoms with Gasteiger partial charge < -0.3 is 4.74 Å². The van der Waals surface area contributed by atoms with Gasteiger partial charge in [-0.05, 0) is 16.9 Å². The van der Waals surface area contributed by atoms with Crippen molar-refractivity contribution in [2.75, 3.05) is 7.11 Å². The van der Waals surface area contributed by atoms with Crippen LogP contribution in [0.15, 0.2) is 24.3 Å². The Morgan fingerprint density at radius 2 is 2.15 bits per heavy atom. The lowest BCUT2D eigenvalue weighted by molar-refractivity contribution is -0.134. The van der Waals surface area contributed by atoms with Crippen molar-refractivity contribution in [2.45, 2.75) is 6.42 Å². The minimum atomic E-state index is -0.221. The van der Waals surface area contributed by atoms with Gasteiger partial charge >= 0.3 is 5.97 Å². The largest absolute Gasteiger partial charge is 0.466 e. The van der Waals surface area contributed by atoms with Gasteiger partial charge in [-0.3, -0.25) is 0 Å². The van der Waals surface area contributed by atoms with Crippen LogP contribution in [0.5, 0.6) is 0 Å². The molecule has 66 valence electrons. The van der Waals surface area contributed by atoms with Gasteiger partial charge in [-0.2, -0.15) is 0 Å². The molecule has 0 unspecified atom stereocenters. The molecule has 2 heteroatoms. The molecule has 0 aromatic heterocycles. The molecule has 2 rings (SSSR count). The quantitative estimate of drug-likeness (QED) is 0.568. The summed E-state index contributed by atoms with van der Waals surface area (Å²) in [5, 5.41) is 2.14. The standard InChI is InChI=1S/C11H10O2/c1-13-11(12)10-7-6-8-4-2-3-5-9(8)10/h2-6H,7H2,1H3. The van der Waals surface area contributed by atoms with E-state index in [0.717, 1.165) is 16.0 Å². The number of hydrogen-bond donors (Lipinski definition) is 0. The summed E-state index contributed by atoms with van der Waals surface area (Å²) in [5.74, 6) is -0.221. The second-order valence-corrected chi connectivity index (χ2v) is 2.97. The number of esters is 1. The van der Waals surface area contributed by atoms with E-state index in [1.165, 1.54) is 7.11 Å². The Morgan fingerprint density at radius 3 is 2.92 bits per heavy atom. The zero-order valence-electron chi connectivity index (χ0n) is 7.41. The Bertz CT molecular complexity index is 457. The SMILES string of the molecule is COC(=O)C1=c2ccccc2=CC1. The van der Waals surface area contributed by atoms with E-state index in [1.807, 2.05) is 30.3 Å². The minimum Gasteiger partial charge on any atom is -0.466 e. The number of carbonyl (C=O) groups excluding carboxylic acids is 1. The predicted octanol–water partition coefficient (Wildman–Crippen LogP) is 0.195. The van der Waals surface area contributed by atoms with Crippen molar-refractivity contribution in [1.29, 1.82) is 0 Å². The summed E-state index contributed by atoms with van der Waals surface area (Å²) in [5.41, 5.74) is 0.762. The highest BCUT2D eigenvalue weighted by Gasteiger charge is 2.12. The number of carbonyl (C=O) groups is 1. The summed E-state index contributed by atoms with van der Waals surface area (Å²) >= 11 is 0. The lowest BCUT2D eigenvalue weighted by Gasteiger charge is -1.97. The summed E-state index contributed by atoms with van der Waals surface area (Å²) in [6.45, 7) is 0. The van der Waals surface area contributed by atoms with Gasteiger partial charge in [0, 0.05) is 5.57 Å². The normalized spacial score (nSPS) is 13.5. The second-order valence-electron chi connectivity index (χ2n) is 2.97. The van der Waals surface area contributed by atoms with Crippen molar-refractivity contribution in [3.8, 4) is 0 Å². The summed E-state index contributed by atoms with van der Waals surface area (Å²) in [6.07, 6.45) is 2.73. The molecule has 0 N–H and O–H groups in total. The van der Waals surface area contributed by atoms with Gasteiger partial charge in [0.2, 0.25) is 0 Å². The molecule has 1 aliphatic rings. The van der Waals surface area contributed by atoms with Crippen molar-refractivity contribution in [2.24, 2.45) is 0 Å². The molecule has 0 radical (unpaired) electrons. The van der Waals surface area contributed by atoms with Crippen LogP contribution in [-0.2, 0) is 9.53 Å². The van der Waals surface area contributed by atoms with Gasteiger partial charge in [0.15, 0.2) is 0 Å². The monoisotopic (exact) mass is 174 g/mol. The average molecular weight is 174 g/mol. The van der Waals surface area contributed by atoms with Crippen LogP contribution in [0.25, 0.3) is 11.6 Å². The van der Waals surface area contributed by atoms with Crippen LogP contribution < -0.4 is 10.4 Å². The van der Waals surface area contributed by atoms with Gasteiger partial charge in [-0.25, -0.2) is 4.79 Å². The number of rotatable bonds is 1. The lowest BCUT2D eigenvalue weighted by atomic mass is 10.2. The first-order valence-electron chi connectivity index (χ1n) is 4.19. The highest BCUT2D eigenvalue weighted by Crippen LogP contribution is 2.06. The summed E-state index contributed by atoms with van der Waals surface area (Å²) < 4.78 is 4.70. The van der Waals surface area contributed by atoms with Gasteiger partial charge in [-0.15, -0.1) is 0 Å². The molecular formula is C11H10O2. The van der Waals surface area contributed by atoms with Crippen molar-refractivity contribution in [3.63, 3.8) is 0 Å². The number of methoxy groups -OCH3 is 1.